The minimum absolute atomic E-state index is 0.0213. The quantitative estimate of drug-likeness (QED) is 0.369. The molecule has 7 nitrogen and oxygen atoms in total. The van der Waals surface area contributed by atoms with Gasteiger partial charge in [0.2, 0.25) is 5.95 Å². The summed E-state index contributed by atoms with van der Waals surface area (Å²) >= 11 is 0.834. The summed E-state index contributed by atoms with van der Waals surface area (Å²) in [6.45, 7) is 10.6. The fourth-order valence-electron chi connectivity index (χ4n) is 4.74. The minimum Gasteiger partial charge on any atom is -0.394 e. The summed E-state index contributed by atoms with van der Waals surface area (Å²) < 4.78 is 37.2. The number of thioether (sulfide) groups is 1. The predicted octanol–water partition coefficient (Wildman–Crippen LogP) is 5.33. The van der Waals surface area contributed by atoms with Gasteiger partial charge in [-0.2, -0.15) is 5.26 Å². The van der Waals surface area contributed by atoms with E-state index in [1.165, 1.54) is 13.0 Å². The van der Waals surface area contributed by atoms with Gasteiger partial charge in [-0.15, -0.1) is 0 Å². The first-order valence-corrected chi connectivity index (χ1v) is 12.8. The number of hydrogen-bond acceptors (Lipinski definition) is 8. The zero-order valence-electron chi connectivity index (χ0n) is 21.2. The van der Waals surface area contributed by atoms with Crippen LogP contribution in [0.2, 0.25) is 0 Å². The standard InChI is InChI=1S/C27H30F2N6OS/c1-5-7-16(17(10-30)25(21(28)6-2)37-15(3)31)22-20-13-36-12-19(20)18-11-33-26(34-24(18)23(22)29)35-9-8-27(4,32)14-35/h6-7,11H,3,5,8-9,12-14,31-32H2,1-2,4H3/b16-7-,21-6+,25-17+. The van der Waals surface area contributed by atoms with Crippen LogP contribution in [0, 0.1) is 17.1 Å². The van der Waals surface area contributed by atoms with E-state index in [-0.39, 0.29) is 50.9 Å². The first kappa shape index (κ1) is 26.8. The predicted molar refractivity (Wildman–Crippen MR) is 144 cm³/mol. The van der Waals surface area contributed by atoms with E-state index in [0.29, 0.717) is 36.4 Å². The molecule has 37 heavy (non-hydrogen) atoms. The van der Waals surface area contributed by atoms with E-state index >= 15 is 4.39 Å². The third kappa shape index (κ3) is 5.12. The van der Waals surface area contributed by atoms with Crippen LogP contribution in [0.15, 0.2) is 46.3 Å². The van der Waals surface area contributed by atoms with Crippen LogP contribution in [0.5, 0.6) is 0 Å². The maximum atomic E-state index is 16.5. The van der Waals surface area contributed by atoms with Gasteiger partial charge in [-0.3, -0.25) is 0 Å². The largest absolute Gasteiger partial charge is 0.394 e. The SMILES string of the molecule is C=C(N)SC(=C(C#N)/C(=C/CC)c1c2c(c3cnc(N4CCC(C)(N)C4)nc3c1F)COC2)/C(F)=C\C. The zero-order chi connectivity index (χ0) is 26.9. The molecule has 0 spiro atoms. The summed E-state index contributed by atoms with van der Waals surface area (Å²) in [5.74, 6) is -0.868. The molecule has 0 radical (unpaired) electrons. The van der Waals surface area contributed by atoms with Gasteiger partial charge in [-0.25, -0.2) is 18.7 Å². The van der Waals surface area contributed by atoms with E-state index < -0.39 is 11.6 Å². The molecule has 1 fully saturated rings. The van der Waals surface area contributed by atoms with Crippen molar-refractivity contribution >= 4 is 34.2 Å². The van der Waals surface area contributed by atoms with Crippen LogP contribution in [0.4, 0.5) is 14.7 Å². The lowest BCUT2D eigenvalue weighted by Crippen LogP contribution is -2.39. The fourth-order valence-corrected chi connectivity index (χ4v) is 5.48. The van der Waals surface area contributed by atoms with Crippen LogP contribution in [0.1, 0.15) is 50.3 Å². The molecule has 2 aromatic rings. The van der Waals surface area contributed by atoms with E-state index in [9.17, 15) is 9.65 Å². The lowest BCUT2D eigenvalue weighted by Gasteiger charge is -2.21. The molecule has 1 aromatic carbocycles. The number of aromatic nitrogens is 2. The number of rotatable bonds is 7. The summed E-state index contributed by atoms with van der Waals surface area (Å²) in [7, 11) is 0. The first-order valence-electron chi connectivity index (χ1n) is 12.0. The molecule has 0 bridgehead atoms. The van der Waals surface area contributed by atoms with Crippen molar-refractivity contribution in [3.8, 4) is 6.07 Å². The van der Waals surface area contributed by atoms with Crippen molar-refractivity contribution in [1.82, 2.24) is 9.97 Å². The zero-order valence-corrected chi connectivity index (χ0v) is 22.0. The second-order valence-corrected chi connectivity index (χ2v) is 10.6. The molecule has 4 rings (SSSR count). The third-order valence-electron chi connectivity index (χ3n) is 6.46. The van der Waals surface area contributed by atoms with Crippen molar-refractivity contribution in [3.63, 3.8) is 0 Å². The second-order valence-electron chi connectivity index (χ2n) is 9.44. The summed E-state index contributed by atoms with van der Waals surface area (Å²) in [4.78, 5) is 11.0. The Labute approximate surface area is 219 Å². The summed E-state index contributed by atoms with van der Waals surface area (Å²) in [5, 5.41) is 10.8. The molecular weight excluding hydrogens is 494 g/mol. The molecule has 3 heterocycles. The van der Waals surface area contributed by atoms with Crippen LogP contribution in [-0.2, 0) is 18.0 Å². The van der Waals surface area contributed by atoms with Crippen LogP contribution < -0.4 is 16.4 Å². The van der Waals surface area contributed by atoms with Crippen LogP contribution in [0.3, 0.4) is 0 Å². The number of anilines is 1. The highest BCUT2D eigenvalue weighted by Crippen LogP contribution is 2.43. The molecule has 4 N–H and O–H groups in total. The van der Waals surface area contributed by atoms with Gasteiger partial charge in [0.25, 0.3) is 0 Å². The Morgan fingerprint density at radius 1 is 1.41 bits per heavy atom. The van der Waals surface area contributed by atoms with Gasteiger partial charge in [0, 0.05) is 41.3 Å². The molecule has 0 saturated carbocycles. The number of benzene rings is 1. The number of nitriles is 1. The summed E-state index contributed by atoms with van der Waals surface area (Å²) in [6.07, 6.45) is 5.81. The van der Waals surface area contributed by atoms with E-state index in [4.69, 9.17) is 16.2 Å². The number of ether oxygens (including phenoxy) is 1. The van der Waals surface area contributed by atoms with Gasteiger partial charge >= 0.3 is 0 Å². The topological polar surface area (TPSA) is 114 Å². The maximum Gasteiger partial charge on any atom is 0.226 e. The van der Waals surface area contributed by atoms with Gasteiger partial charge in [0.15, 0.2) is 5.82 Å². The number of halogens is 2. The fraction of sp³-hybridized carbons (Fsp3) is 0.370. The minimum atomic E-state index is -0.646. The lowest BCUT2D eigenvalue weighted by molar-refractivity contribution is 0.134. The molecule has 1 atom stereocenters. The number of nitrogens with two attached hydrogens (primary N) is 2. The highest BCUT2D eigenvalue weighted by molar-refractivity contribution is 8.06. The third-order valence-corrected chi connectivity index (χ3v) is 7.33. The molecule has 2 aliphatic rings. The lowest BCUT2D eigenvalue weighted by atomic mass is 9.89. The second kappa shape index (κ2) is 10.6. The molecule has 0 aliphatic carbocycles. The maximum absolute atomic E-state index is 16.5. The van der Waals surface area contributed by atoms with Crippen molar-refractivity contribution in [2.45, 2.75) is 52.4 Å². The summed E-state index contributed by atoms with van der Waals surface area (Å²) in [6, 6.07) is 2.09. The van der Waals surface area contributed by atoms with Crippen molar-refractivity contribution < 1.29 is 13.5 Å². The highest BCUT2D eigenvalue weighted by Gasteiger charge is 2.33. The van der Waals surface area contributed by atoms with Crippen molar-refractivity contribution in [2.75, 3.05) is 18.0 Å². The molecule has 1 saturated heterocycles. The smallest absolute Gasteiger partial charge is 0.226 e. The highest BCUT2D eigenvalue weighted by atomic mass is 32.2. The molecule has 1 unspecified atom stereocenters. The van der Waals surface area contributed by atoms with Crippen molar-refractivity contribution in [3.05, 3.63) is 68.8 Å². The molecular formula is C27H30F2N6OS. The first-order chi connectivity index (χ1) is 17.6. The van der Waals surface area contributed by atoms with Crippen molar-refractivity contribution in [2.24, 2.45) is 11.5 Å². The Bertz CT molecular complexity index is 1410. The van der Waals surface area contributed by atoms with Gasteiger partial charge in [-0.1, -0.05) is 37.4 Å². The Kier molecular flexibility index (Phi) is 7.69. The average Bonchev–Trinajstić information content (AvgIpc) is 3.49. The van der Waals surface area contributed by atoms with Gasteiger partial charge in [0.1, 0.15) is 17.4 Å². The van der Waals surface area contributed by atoms with Crippen molar-refractivity contribution in [1.29, 1.82) is 5.26 Å². The van der Waals surface area contributed by atoms with Gasteiger partial charge < -0.3 is 21.1 Å². The Balaban J connectivity index is 2.00. The molecule has 1 aromatic heterocycles. The Hall–Kier alpha value is -3.26. The number of fused-ring (bicyclic) bond motifs is 3. The number of hydrogen-bond donors (Lipinski definition) is 2. The van der Waals surface area contributed by atoms with E-state index in [0.717, 1.165) is 23.7 Å². The molecule has 194 valence electrons. The van der Waals surface area contributed by atoms with E-state index in [2.05, 4.69) is 22.6 Å². The van der Waals surface area contributed by atoms with E-state index in [1.807, 2.05) is 18.7 Å². The summed E-state index contributed by atoms with van der Waals surface area (Å²) in [5.41, 5.74) is 13.6. The van der Waals surface area contributed by atoms with Gasteiger partial charge in [0.05, 0.1) is 28.7 Å². The Morgan fingerprint density at radius 2 is 2.14 bits per heavy atom. The number of nitrogens with zero attached hydrogens (tertiary/aromatic N) is 4. The molecule has 2 aliphatic heterocycles. The van der Waals surface area contributed by atoms with Crippen LogP contribution >= 0.6 is 11.8 Å². The monoisotopic (exact) mass is 524 g/mol. The van der Waals surface area contributed by atoms with Crippen LogP contribution in [0.25, 0.3) is 16.5 Å². The number of allylic oxidation sites excluding steroid dienone is 5. The molecule has 0 amide bonds. The van der Waals surface area contributed by atoms with Gasteiger partial charge in [-0.05, 0) is 37.8 Å². The van der Waals surface area contributed by atoms with Crippen LogP contribution in [-0.4, -0.2) is 28.6 Å². The Morgan fingerprint density at radius 3 is 2.73 bits per heavy atom. The molecule has 10 heteroatoms. The van der Waals surface area contributed by atoms with E-state index in [1.54, 1.807) is 12.3 Å². The normalized spacial score (nSPS) is 20.7. The average molecular weight is 525 g/mol.